The first kappa shape index (κ1) is 16.7. The number of aryl methyl sites for hydroxylation is 2. The number of nitrogens with one attached hydrogen (secondary N) is 1. The fourth-order valence-corrected chi connectivity index (χ4v) is 3.38. The van der Waals surface area contributed by atoms with Gasteiger partial charge < -0.3 is 9.84 Å². The molecule has 0 saturated carbocycles. The van der Waals surface area contributed by atoms with Crippen LogP contribution in [0.1, 0.15) is 46.8 Å². The van der Waals surface area contributed by atoms with Crippen LogP contribution in [0.3, 0.4) is 0 Å². The molecular formula is C19H17ClN4O2. The molecule has 4 rings (SSSR count). The molecule has 0 aliphatic heterocycles. The van der Waals surface area contributed by atoms with E-state index in [0.29, 0.717) is 28.9 Å². The van der Waals surface area contributed by atoms with E-state index in [1.54, 1.807) is 12.1 Å². The van der Waals surface area contributed by atoms with Gasteiger partial charge in [0, 0.05) is 23.7 Å². The molecule has 0 fully saturated rings. The van der Waals surface area contributed by atoms with Gasteiger partial charge in [-0.1, -0.05) is 35.8 Å². The van der Waals surface area contributed by atoms with Crippen molar-refractivity contribution in [2.45, 2.75) is 32.2 Å². The number of carbonyl (C=O) groups excluding carboxylic acids is 1. The van der Waals surface area contributed by atoms with Crippen LogP contribution >= 0.6 is 11.6 Å². The van der Waals surface area contributed by atoms with Gasteiger partial charge in [0.15, 0.2) is 0 Å². The van der Waals surface area contributed by atoms with Gasteiger partial charge in [-0.05, 0) is 42.2 Å². The molecule has 132 valence electrons. The van der Waals surface area contributed by atoms with Gasteiger partial charge in [-0.3, -0.25) is 4.79 Å². The van der Waals surface area contributed by atoms with Crippen LogP contribution in [-0.4, -0.2) is 21.0 Å². The summed E-state index contributed by atoms with van der Waals surface area (Å²) in [6, 6.07) is 9.28. The molecule has 1 aliphatic carbocycles. The Balaban J connectivity index is 1.53. The highest BCUT2D eigenvalue weighted by Crippen LogP contribution is 2.34. The minimum Gasteiger partial charge on any atom is -0.345 e. The lowest BCUT2D eigenvalue weighted by atomic mass is 10.0. The van der Waals surface area contributed by atoms with Crippen LogP contribution in [0.5, 0.6) is 0 Å². The SMILES string of the molecule is CCc1nc(-c2ccc3c(c2)CCC3NC(=O)c2ccnc(Cl)c2)no1. The predicted octanol–water partition coefficient (Wildman–Crippen LogP) is 3.76. The molecule has 1 amide bonds. The van der Waals surface area contributed by atoms with Crippen molar-refractivity contribution in [1.29, 1.82) is 0 Å². The highest BCUT2D eigenvalue weighted by molar-refractivity contribution is 6.29. The average Bonchev–Trinajstić information content (AvgIpc) is 3.28. The summed E-state index contributed by atoms with van der Waals surface area (Å²) in [6.45, 7) is 1.98. The maximum absolute atomic E-state index is 12.5. The zero-order valence-corrected chi connectivity index (χ0v) is 15.0. The van der Waals surface area contributed by atoms with Crippen LogP contribution in [0.15, 0.2) is 41.1 Å². The smallest absolute Gasteiger partial charge is 0.251 e. The summed E-state index contributed by atoms with van der Waals surface area (Å²) in [6.07, 6.45) is 3.99. The van der Waals surface area contributed by atoms with E-state index >= 15 is 0 Å². The number of amides is 1. The lowest BCUT2D eigenvalue weighted by molar-refractivity contribution is 0.0936. The number of carbonyl (C=O) groups is 1. The minimum absolute atomic E-state index is 0.0186. The Bertz CT molecular complexity index is 970. The van der Waals surface area contributed by atoms with Gasteiger partial charge in [-0.25, -0.2) is 4.98 Å². The number of rotatable bonds is 4. The zero-order valence-electron chi connectivity index (χ0n) is 14.2. The van der Waals surface area contributed by atoms with Gasteiger partial charge in [-0.2, -0.15) is 4.98 Å². The van der Waals surface area contributed by atoms with Gasteiger partial charge in [0.25, 0.3) is 5.91 Å². The third-order valence-corrected chi connectivity index (χ3v) is 4.75. The van der Waals surface area contributed by atoms with Gasteiger partial charge in [0.1, 0.15) is 5.15 Å². The van der Waals surface area contributed by atoms with E-state index in [1.165, 1.54) is 11.8 Å². The summed E-state index contributed by atoms with van der Waals surface area (Å²) in [7, 11) is 0. The molecule has 0 saturated heterocycles. The largest absolute Gasteiger partial charge is 0.345 e. The molecule has 1 unspecified atom stereocenters. The Kier molecular flexibility index (Phi) is 4.42. The average molecular weight is 369 g/mol. The van der Waals surface area contributed by atoms with Crippen molar-refractivity contribution < 1.29 is 9.32 Å². The second-order valence-electron chi connectivity index (χ2n) is 6.21. The molecule has 3 aromatic rings. The summed E-state index contributed by atoms with van der Waals surface area (Å²) in [4.78, 5) is 20.7. The second kappa shape index (κ2) is 6.88. The van der Waals surface area contributed by atoms with Crippen molar-refractivity contribution in [3.8, 4) is 11.4 Å². The lowest BCUT2D eigenvalue weighted by Gasteiger charge is -2.14. The van der Waals surface area contributed by atoms with Crippen LogP contribution in [0.2, 0.25) is 5.15 Å². The van der Waals surface area contributed by atoms with Crippen molar-refractivity contribution in [3.05, 3.63) is 64.3 Å². The summed E-state index contributed by atoms with van der Waals surface area (Å²) >= 11 is 5.86. The molecule has 26 heavy (non-hydrogen) atoms. The van der Waals surface area contributed by atoms with Crippen molar-refractivity contribution in [1.82, 2.24) is 20.4 Å². The summed E-state index contributed by atoms with van der Waals surface area (Å²) < 4.78 is 5.19. The molecule has 7 heteroatoms. The number of nitrogens with zero attached hydrogens (tertiary/aromatic N) is 3. The van der Waals surface area contributed by atoms with Crippen molar-refractivity contribution in [2.75, 3.05) is 0 Å². The highest BCUT2D eigenvalue weighted by atomic mass is 35.5. The van der Waals surface area contributed by atoms with Gasteiger partial charge in [0.05, 0.1) is 6.04 Å². The predicted molar refractivity (Wildman–Crippen MR) is 96.9 cm³/mol. The van der Waals surface area contributed by atoms with Crippen molar-refractivity contribution >= 4 is 17.5 Å². The van der Waals surface area contributed by atoms with Gasteiger partial charge in [-0.15, -0.1) is 0 Å². The van der Waals surface area contributed by atoms with Gasteiger partial charge >= 0.3 is 0 Å². The Morgan fingerprint density at radius 1 is 1.35 bits per heavy atom. The van der Waals surface area contributed by atoms with Crippen LogP contribution in [-0.2, 0) is 12.8 Å². The van der Waals surface area contributed by atoms with Crippen LogP contribution in [0.25, 0.3) is 11.4 Å². The molecular weight excluding hydrogens is 352 g/mol. The minimum atomic E-state index is -0.151. The molecule has 2 aromatic heterocycles. The summed E-state index contributed by atoms with van der Waals surface area (Å²) in [5.41, 5.74) is 3.76. The van der Waals surface area contributed by atoms with Crippen LogP contribution in [0.4, 0.5) is 0 Å². The molecule has 0 bridgehead atoms. The van der Waals surface area contributed by atoms with Crippen molar-refractivity contribution in [3.63, 3.8) is 0 Å². The van der Waals surface area contributed by atoms with E-state index in [-0.39, 0.29) is 11.9 Å². The fraction of sp³-hybridized carbons (Fsp3) is 0.263. The number of aromatic nitrogens is 3. The lowest BCUT2D eigenvalue weighted by Crippen LogP contribution is -2.27. The number of pyridine rings is 1. The first-order valence-electron chi connectivity index (χ1n) is 8.52. The molecule has 1 N–H and O–H groups in total. The van der Waals surface area contributed by atoms with E-state index in [2.05, 4.69) is 26.5 Å². The Morgan fingerprint density at radius 3 is 3.00 bits per heavy atom. The Labute approximate surface area is 155 Å². The molecule has 6 nitrogen and oxygen atoms in total. The second-order valence-corrected chi connectivity index (χ2v) is 6.60. The standard InChI is InChI=1S/C19H17ClN4O2/c1-2-17-23-18(24-26-17)12-3-5-14-11(9-12)4-6-15(14)22-19(25)13-7-8-21-16(20)10-13/h3,5,7-10,15H,2,4,6H2,1H3,(H,22,25). The topological polar surface area (TPSA) is 80.9 Å². The fourth-order valence-electron chi connectivity index (χ4n) is 3.21. The maximum Gasteiger partial charge on any atom is 0.251 e. The third-order valence-electron chi connectivity index (χ3n) is 4.54. The molecule has 0 radical (unpaired) electrons. The number of hydrogen-bond donors (Lipinski definition) is 1. The molecule has 1 aliphatic rings. The Morgan fingerprint density at radius 2 is 2.23 bits per heavy atom. The molecule has 1 aromatic carbocycles. The van der Waals surface area contributed by atoms with Crippen LogP contribution < -0.4 is 5.32 Å². The van der Waals surface area contributed by atoms with E-state index in [0.717, 1.165) is 24.0 Å². The first-order valence-corrected chi connectivity index (χ1v) is 8.90. The van der Waals surface area contributed by atoms with E-state index in [1.807, 2.05) is 19.1 Å². The normalized spacial score (nSPS) is 15.7. The highest BCUT2D eigenvalue weighted by Gasteiger charge is 2.25. The Hall–Kier alpha value is -2.73. The number of fused-ring (bicyclic) bond motifs is 1. The number of benzene rings is 1. The number of hydrogen-bond acceptors (Lipinski definition) is 5. The van der Waals surface area contributed by atoms with E-state index in [4.69, 9.17) is 16.1 Å². The maximum atomic E-state index is 12.5. The number of halogens is 1. The summed E-state index contributed by atoms with van der Waals surface area (Å²) in [5.74, 6) is 1.08. The quantitative estimate of drug-likeness (QED) is 0.709. The first-order chi connectivity index (χ1) is 12.6. The van der Waals surface area contributed by atoms with Crippen molar-refractivity contribution in [2.24, 2.45) is 0 Å². The molecule has 1 atom stereocenters. The van der Waals surface area contributed by atoms with Gasteiger partial charge in [0.2, 0.25) is 11.7 Å². The molecule has 2 heterocycles. The molecule has 0 spiro atoms. The van der Waals surface area contributed by atoms with E-state index < -0.39 is 0 Å². The zero-order chi connectivity index (χ0) is 18.1. The monoisotopic (exact) mass is 368 g/mol. The summed E-state index contributed by atoms with van der Waals surface area (Å²) in [5, 5.41) is 7.41. The van der Waals surface area contributed by atoms with Crippen LogP contribution in [0, 0.1) is 0 Å². The third kappa shape index (κ3) is 3.20. The van der Waals surface area contributed by atoms with E-state index in [9.17, 15) is 4.79 Å².